The first-order chi connectivity index (χ1) is 13.6. The van der Waals surface area contributed by atoms with Crippen molar-refractivity contribution in [3.63, 3.8) is 0 Å². The van der Waals surface area contributed by atoms with Crippen LogP contribution in [0.2, 0.25) is 0 Å². The van der Waals surface area contributed by atoms with Crippen molar-refractivity contribution in [1.82, 2.24) is 0 Å². The molecular weight excluding hydrogens is 368 g/mol. The first-order valence-electron chi connectivity index (χ1n) is 9.80. The highest BCUT2D eigenvalue weighted by atomic mass is 32.1. The lowest BCUT2D eigenvalue weighted by Crippen LogP contribution is -2.42. The molecule has 1 unspecified atom stereocenters. The third-order valence-electron chi connectivity index (χ3n) is 5.45. The predicted octanol–water partition coefficient (Wildman–Crippen LogP) is 4.60. The molecule has 0 aliphatic carbocycles. The molecule has 0 saturated carbocycles. The molecule has 144 valence electrons. The maximum Gasteiger partial charge on any atom is 0.326 e. The Morgan fingerprint density at radius 1 is 1.29 bits per heavy atom. The van der Waals surface area contributed by atoms with E-state index in [1.807, 2.05) is 4.90 Å². The van der Waals surface area contributed by atoms with Crippen LogP contribution in [0.1, 0.15) is 36.4 Å². The highest BCUT2D eigenvalue weighted by molar-refractivity contribution is 7.18. The van der Waals surface area contributed by atoms with Crippen molar-refractivity contribution < 1.29 is 14.5 Å². The maximum absolute atomic E-state index is 11.4. The molecule has 28 heavy (non-hydrogen) atoms. The molecule has 5 heteroatoms. The lowest BCUT2D eigenvalue weighted by Gasteiger charge is -2.34. The molecule has 3 aromatic rings. The Hall–Kier alpha value is -2.66. The number of carboxylic acid groups (broad SMARTS) is 1. The van der Waals surface area contributed by atoms with Gasteiger partial charge in [0.05, 0.1) is 0 Å². The van der Waals surface area contributed by atoms with E-state index in [-0.39, 0.29) is 0 Å². The van der Waals surface area contributed by atoms with Gasteiger partial charge < -0.3 is 10.0 Å². The molecule has 0 saturated heterocycles. The number of aryl methyl sites for hydroxylation is 2. The van der Waals surface area contributed by atoms with Crippen LogP contribution in [-0.2, 0) is 17.8 Å². The van der Waals surface area contributed by atoms with Crippen LogP contribution in [0.3, 0.4) is 0 Å². The van der Waals surface area contributed by atoms with Crippen LogP contribution in [0.4, 0.5) is 5.69 Å². The minimum atomic E-state index is -0.772. The molecule has 4 rings (SSSR count). The molecular formula is C23H25N2O2S+. The third kappa shape index (κ3) is 3.42. The van der Waals surface area contributed by atoms with Crippen LogP contribution in [0.5, 0.6) is 0 Å². The van der Waals surface area contributed by atoms with Gasteiger partial charge in [-0.2, -0.15) is 4.57 Å². The molecule has 4 nitrogen and oxygen atoms in total. The molecule has 2 aromatic carbocycles. The number of para-hydroxylation sites is 1. The van der Waals surface area contributed by atoms with Crippen LogP contribution in [-0.4, -0.2) is 23.7 Å². The number of thiazole rings is 1. The summed E-state index contributed by atoms with van der Waals surface area (Å²) < 4.78 is 3.64. The van der Waals surface area contributed by atoms with Crippen molar-refractivity contribution in [2.45, 2.75) is 39.3 Å². The summed E-state index contributed by atoms with van der Waals surface area (Å²) >= 11 is 1.81. The van der Waals surface area contributed by atoms with E-state index in [1.54, 1.807) is 18.3 Å². The third-order valence-corrected chi connectivity index (χ3v) is 6.58. The average molecular weight is 394 g/mol. The van der Waals surface area contributed by atoms with Gasteiger partial charge in [-0.1, -0.05) is 29.5 Å². The SMILES string of the molecule is CC[n+]1c(/C=C/c2ccc3c(c2)CCCN3C(C)C(=O)O)sc2ccccc21. The fraction of sp³-hybridized carbons (Fsp3) is 0.304. The van der Waals surface area contributed by atoms with Crippen LogP contribution in [0, 0.1) is 0 Å². The standard InChI is InChI=1S/C23H24N2O2S/c1-3-24-20-8-4-5-9-21(20)28-22(24)13-11-17-10-12-19-18(15-17)7-6-14-25(19)16(2)23(26)27/h4-5,8-13,15-16H,3,6-7,14H2,1-2H3/p+1. The topological polar surface area (TPSA) is 44.4 Å². The number of rotatable bonds is 5. The zero-order chi connectivity index (χ0) is 19.7. The number of aromatic nitrogens is 1. The van der Waals surface area contributed by atoms with E-state index in [0.717, 1.165) is 37.2 Å². The van der Waals surface area contributed by atoms with E-state index in [2.05, 4.69) is 66.1 Å². The first kappa shape index (κ1) is 18.7. The van der Waals surface area contributed by atoms with Crippen molar-refractivity contribution in [3.05, 3.63) is 58.6 Å². The Morgan fingerprint density at radius 3 is 2.89 bits per heavy atom. The number of fused-ring (bicyclic) bond motifs is 2. The Bertz CT molecular complexity index is 1050. The summed E-state index contributed by atoms with van der Waals surface area (Å²) in [7, 11) is 0. The Morgan fingerprint density at radius 2 is 2.11 bits per heavy atom. The lowest BCUT2D eigenvalue weighted by atomic mass is 9.97. The number of anilines is 1. The van der Waals surface area contributed by atoms with Crippen molar-refractivity contribution in [1.29, 1.82) is 0 Å². The number of nitrogens with zero attached hydrogens (tertiary/aromatic N) is 2. The summed E-state index contributed by atoms with van der Waals surface area (Å²) in [5.41, 5.74) is 4.73. The quantitative estimate of drug-likeness (QED) is 0.644. The lowest BCUT2D eigenvalue weighted by molar-refractivity contribution is -0.665. The Balaban J connectivity index is 1.64. The van der Waals surface area contributed by atoms with Gasteiger partial charge in [0.15, 0.2) is 0 Å². The number of benzene rings is 2. The fourth-order valence-electron chi connectivity index (χ4n) is 3.96. The van der Waals surface area contributed by atoms with Gasteiger partial charge in [-0.25, -0.2) is 4.79 Å². The highest BCUT2D eigenvalue weighted by Gasteiger charge is 2.25. The van der Waals surface area contributed by atoms with Gasteiger partial charge in [0, 0.05) is 24.4 Å². The van der Waals surface area contributed by atoms with Crippen LogP contribution in [0.15, 0.2) is 42.5 Å². The highest BCUT2D eigenvalue weighted by Crippen LogP contribution is 2.30. The molecule has 0 bridgehead atoms. The van der Waals surface area contributed by atoms with Crippen molar-refractivity contribution in [2.75, 3.05) is 11.4 Å². The second-order valence-electron chi connectivity index (χ2n) is 7.18. The van der Waals surface area contributed by atoms with Gasteiger partial charge in [0.2, 0.25) is 5.52 Å². The summed E-state index contributed by atoms with van der Waals surface area (Å²) in [6.07, 6.45) is 6.34. The van der Waals surface area contributed by atoms with Gasteiger partial charge in [-0.15, -0.1) is 0 Å². The molecule has 0 fully saturated rings. The van der Waals surface area contributed by atoms with E-state index >= 15 is 0 Å². The van der Waals surface area contributed by atoms with Crippen molar-refractivity contribution in [3.8, 4) is 0 Å². The Kier molecular flexibility index (Phi) is 5.18. The molecule has 0 spiro atoms. The summed E-state index contributed by atoms with van der Waals surface area (Å²) in [4.78, 5) is 13.4. The largest absolute Gasteiger partial charge is 0.480 e. The predicted molar refractivity (Wildman–Crippen MR) is 116 cm³/mol. The molecule has 1 N–H and O–H groups in total. The van der Waals surface area contributed by atoms with Crippen molar-refractivity contribution >= 4 is 45.4 Å². The molecule has 1 atom stereocenters. The second-order valence-corrected chi connectivity index (χ2v) is 8.25. The molecule has 1 aliphatic heterocycles. The number of aliphatic carboxylic acids is 1. The van der Waals surface area contributed by atoms with Crippen LogP contribution >= 0.6 is 11.3 Å². The smallest absolute Gasteiger partial charge is 0.326 e. The van der Waals surface area contributed by atoms with Crippen LogP contribution in [0.25, 0.3) is 22.4 Å². The summed E-state index contributed by atoms with van der Waals surface area (Å²) in [6, 6.07) is 14.4. The summed E-state index contributed by atoms with van der Waals surface area (Å²) in [5, 5.41) is 10.6. The van der Waals surface area contributed by atoms with E-state index in [1.165, 1.54) is 20.8 Å². The molecule has 1 aliphatic rings. The van der Waals surface area contributed by atoms with Gasteiger partial charge in [0.1, 0.15) is 17.3 Å². The molecule has 0 amide bonds. The van der Waals surface area contributed by atoms with Crippen LogP contribution < -0.4 is 9.47 Å². The minimum Gasteiger partial charge on any atom is -0.480 e. The number of carboxylic acids is 1. The Labute approximate surface area is 169 Å². The zero-order valence-corrected chi connectivity index (χ0v) is 17.1. The zero-order valence-electron chi connectivity index (χ0n) is 16.3. The number of hydrogen-bond acceptors (Lipinski definition) is 3. The summed E-state index contributed by atoms with van der Waals surface area (Å²) in [5.74, 6) is -0.772. The minimum absolute atomic E-state index is 0.498. The van der Waals surface area contributed by atoms with Gasteiger partial charge in [-0.3, -0.25) is 0 Å². The first-order valence-corrected chi connectivity index (χ1v) is 10.6. The fourth-order valence-corrected chi connectivity index (χ4v) is 5.08. The van der Waals surface area contributed by atoms with Gasteiger partial charge in [0.25, 0.3) is 5.01 Å². The van der Waals surface area contributed by atoms with E-state index in [9.17, 15) is 9.90 Å². The average Bonchev–Trinajstić information content (AvgIpc) is 3.08. The number of carbonyl (C=O) groups is 1. The molecule has 2 heterocycles. The van der Waals surface area contributed by atoms with Gasteiger partial charge in [-0.05, 0) is 62.1 Å². The second kappa shape index (κ2) is 7.76. The maximum atomic E-state index is 11.4. The van der Waals surface area contributed by atoms with Crippen molar-refractivity contribution in [2.24, 2.45) is 0 Å². The van der Waals surface area contributed by atoms with Gasteiger partial charge >= 0.3 is 5.97 Å². The number of hydrogen-bond donors (Lipinski definition) is 1. The van der Waals surface area contributed by atoms with E-state index in [0.29, 0.717) is 0 Å². The molecule has 0 radical (unpaired) electrons. The normalized spacial score (nSPS) is 15.1. The monoisotopic (exact) mass is 393 g/mol. The molecule has 1 aromatic heterocycles. The van der Waals surface area contributed by atoms with E-state index in [4.69, 9.17) is 0 Å². The van der Waals surface area contributed by atoms with E-state index < -0.39 is 12.0 Å². The summed E-state index contributed by atoms with van der Waals surface area (Å²) in [6.45, 7) is 5.67.